The molecule has 2 aromatic rings. The van der Waals surface area contributed by atoms with E-state index in [1.165, 1.54) is 6.42 Å². The number of anilines is 1. The molecule has 1 aliphatic heterocycles. The summed E-state index contributed by atoms with van der Waals surface area (Å²) in [6.45, 7) is 3.98. The van der Waals surface area contributed by atoms with Gasteiger partial charge in [-0.05, 0) is 42.6 Å². The molecule has 3 rings (SSSR count). The van der Waals surface area contributed by atoms with Crippen LogP contribution >= 0.6 is 0 Å². The fraction of sp³-hybridized carbons (Fsp3) is 0.333. The van der Waals surface area contributed by atoms with Gasteiger partial charge in [0.2, 0.25) is 0 Å². The molecule has 0 bridgehead atoms. The van der Waals surface area contributed by atoms with E-state index in [9.17, 15) is 0 Å². The van der Waals surface area contributed by atoms with Gasteiger partial charge in [-0.1, -0.05) is 24.3 Å². The molecular formula is C18H20N4. The molecule has 22 heavy (non-hydrogen) atoms. The molecule has 4 nitrogen and oxygen atoms in total. The Balaban J connectivity index is 1.51. The largest absolute Gasteiger partial charge is 0.370 e. The zero-order chi connectivity index (χ0) is 15.2. The topological polar surface area (TPSA) is 52.0 Å². The van der Waals surface area contributed by atoms with Gasteiger partial charge in [0.25, 0.3) is 0 Å². The number of hydrogen-bond donors (Lipinski definition) is 1. The van der Waals surface area contributed by atoms with Crippen LogP contribution in [0.15, 0.2) is 48.7 Å². The van der Waals surface area contributed by atoms with Crippen LogP contribution in [0.3, 0.4) is 0 Å². The quantitative estimate of drug-likeness (QED) is 0.920. The van der Waals surface area contributed by atoms with Crippen molar-refractivity contribution in [3.63, 3.8) is 0 Å². The van der Waals surface area contributed by atoms with Crippen molar-refractivity contribution in [2.24, 2.45) is 5.92 Å². The fourth-order valence-corrected chi connectivity index (χ4v) is 2.95. The number of nitrogens with zero attached hydrogens (tertiary/aromatic N) is 3. The minimum Gasteiger partial charge on any atom is -0.370 e. The summed E-state index contributed by atoms with van der Waals surface area (Å²) in [4.78, 5) is 6.72. The summed E-state index contributed by atoms with van der Waals surface area (Å²) in [5.41, 5.74) is 1.92. The van der Waals surface area contributed by atoms with Crippen LogP contribution in [0.2, 0.25) is 0 Å². The highest BCUT2D eigenvalue weighted by Gasteiger charge is 2.22. The molecule has 1 aromatic heterocycles. The minimum absolute atomic E-state index is 0.635. The third kappa shape index (κ3) is 3.63. The van der Waals surface area contributed by atoms with E-state index in [1.54, 1.807) is 0 Å². The molecule has 0 radical (unpaired) electrons. The van der Waals surface area contributed by atoms with E-state index >= 15 is 0 Å². The average molecular weight is 292 g/mol. The van der Waals surface area contributed by atoms with Gasteiger partial charge < -0.3 is 5.32 Å². The van der Waals surface area contributed by atoms with Crippen LogP contribution in [0.1, 0.15) is 17.5 Å². The maximum Gasteiger partial charge on any atom is 0.125 e. The Morgan fingerprint density at radius 3 is 2.91 bits per heavy atom. The monoisotopic (exact) mass is 292 g/mol. The Morgan fingerprint density at radius 2 is 2.09 bits per heavy atom. The third-order valence-corrected chi connectivity index (χ3v) is 4.14. The molecule has 1 aromatic carbocycles. The molecule has 0 spiro atoms. The second kappa shape index (κ2) is 7.06. The van der Waals surface area contributed by atoms with Gasteiger partial charge in [0, 0.05) is 25.8 Å². The molecule has 1 fully saturated rings. The van der Waals surface area contributed by atoms with E-state index in [0.29, 0.717) is 5.92 Å². The van der Waals surface area contributed by atoms with E-state index in [1.807, 2.05) is 42.6 Å². The first kappa shape index (κ1) is 14.6. The molecule has 1 atom stereocenters. The van der Waals surface area contributed by atoms with E-state index in [4.69, 9.17) is 5.26 Å². The maximum absolute atomic E-state index is 9.17. The predicted octanol–water partition coefficient (Wildman–Crippen LogP) is 2.89. The average Bonchev–Trinajstić information content (AvgIpc) is 3.02. The van der Waals surface area contributed by atoms with Gasteiger partial charge in [0.1, 0.15) is 5.82 Å². The Kier molecular flexibility index (Phi) is 4.67. The van der Waals surface area contributed by atoms with Crippen molar-refractivity contribution < 1.29 is 0 Å². The van der Waals surface area contributed by atoms with Gasteiger partial charge in [-0.25, -0.2) is 4.98 Å². The summed E-state index contributed by atoms with van der Waals surface area (Å²) in [6.07, 6.45) is 3.00. The van der Waals surface area contributed by atoms with Crippen molar-refractivity contribution >= 4 is 5.82 Å². The second-order valence-corrected chi connectivity index (χ2v) is 5.75. The van der Waals surface area contributed by atoms with Gasteiger partial charge in [-0.15, -0.1) is 0 Å². The molecule has 0 saturated carbocycles. The van der Waals surface area contributed by atoms with Gasteiger partial charge in [0.15, 0.2) is 0 Å². The van der Waals surface area contributed by atoms with Crippen molar-refractivity contribution in [1.29, 1.82) is 5.26 Å². The van der Waals surface area contributed by atoms with Crippen LogP contribution < -0.4 is 5.32 Å². The highest BCUT2D eigenvalue weighted by Crippen LogP contribution is 2.20. The second-order valence-electron chi connectivity index (χ2n) is 5.75. The Bertz CT molecular complexity index is 648. The zero-order valence-electron chi connectivity index (χ0n) is 12.6. The normalized spacial score (nSPS) is 18.0. The lowest BCUT2D eigenvalue weighted by atomic mass is 10.1. The summed E-state index contributed by atoms with van der Waals surface area (Å²) in [6, 6.07) is 16.1. The number of hydrogen-bond acceptors (Lipinski definition) is 4. The van der Waals surface area contributed by atoms with E-state index in [0.717, 1.165) is 43.1 Å². The number of aromatic nitrogens is 1. The molecule has 112 valence electrons. The van der Waals surface area contributed by atoms with Crippen LogP contribution in [-0.4, -0.2) is 29.5 Å². The third-order valence-electron chi connectivity index (χ3n) is 4.14. The minimum atomic E-state index is 0.635. The molecule has 1 aliphatic rings. The summed E-state index contributed by atoms with van der Waals surface area (Å²) in [5.74, 6) is 1.58. The van der Waals surface area contributed by atoms with Crippen molar-refractivity contribution in [3.8, 4) is 6.07 Å². The lowest BCUT2D eigenvalue weighted by molar-refractivity contribution is 0.318. The highest BCUT2D eigenvalue weighted by molar-refractivity contribution is 5.37. The van der Waals surface area contributed by atoms with E-state index in [2.05, 4.69) is 27.3 Å². The van der Waals surface area contributed by atoms with Crippen LogP contribution in [0.25, 0.3) is 0 Å². The molecular weight excluding hydrogens is 272 g/mol. The molecule has 0 unspecified atom stereocenters. The number of nitrogens with one attached hydrogen (secondary N) is 1. The number of rotatable bonds is 5. The van der Waals surface area contributed by atoms with E-state index in [-0.39, 0.29) is 0 Å². The maximum atomic E-state index is 9.17. The molecule has 1 saturated heterocycles. The first-order valence-electron chi connectivity index (χ1n) is 7.70. The Labute approximate surface area is 131 Å². The van der Waals surface area contributed by atoms with Crippen molar-refractivity contribution in [1.82, 2.24) is 9.88 Å². The molecule has 2 heterocycles. The summed E-state index contributed by atoms with van der Waals surface area (Å²) < 4.78 is 0. The zero-order valence-corrected chi connectivity index (χ0v) is 12.6. The fourth-order valence-electron chi connectivity index (χ4n) is 2.95. The molecule has 4 heteroatoms. The molecule has 1 N–H and O–H groups in total. The summed E-state index contributed by atoms with van der Waals surface area (Å²) in [5, 5.41) is 12.6. The number of likely N-dealkylation sites (tertiary alicyclic amines) is 1. The SMILES string of the molecule is N#Cc1ccccc1CN1CC[C@H](CNc2ccccn2)C1. The Hall–Kier alpha value is -2.38. The lowest BCUT2D eigenvalue weighted by Crippen LogP contribution is -2.23. The number of nitriles is 1. The molecule has 0 aliphatic carbocycles. The van der Waals surface area contributed by atoms with Crippen molar-refractivity contribution in [2.45, 2.75) is 13.0 Å². The lowest BCUT2D eigenvalue weighted by Gasteiger charge is -2.17. The summed E-state index contributed by atoms with van der Waals surface area (Å²) in [7, 11) is 0. The predicted molar refractivity (Wildman–Crippen MR) is 87.3 cm³/mol. The van der Waals surface area contributed by atoms with Crippen LogP contribution in [0, 0.1) is 17.2 Å². The number of benzene rings is 1. The van der Waals surface area contributed by atoms with E-state index < -0.39 is 0 Å². The first-order valence-corrected chi connectivity index (χ1v) is 7.70. The van der Waals surface area contributed by atoms with Gasteiger partial charge in [-0.3, -0.25) is 4.90 Å². The smallest absolute Gasteiger partial charge is 0.125 e. The van der Waals surface area contributed by atoms with Crippen molar-refractivity contribution in [3.05, 3.63) is 59.8 Å². The highest BCUT2D eigenvalue weighted by atomic mass is 15.1. The number of pyridine rings is 1. The molecule has 0 amide bonds. The van der Waals surface area contributed by atoms with Gasteiger partial charge in [-0.2, -0.15) is 5.26 Å². The Morgan fingerprint density at radius 1 is 1.23 bits per heavy atom. The van der Waals surface area contributed by atoms with Gasteiger partial charge >= 0.3 is 0 Å². The van der Waals surface area contributed by atoms with Crippen LogP contribution in [0.5, 0.6) is 0 Å². The summed E-state index contributed by atoms with van der Waals surface area (Å²) >= 11 is 0. The standard InChI is InChI=1S/C18H20N4/c19-11-16-5-1-2-6-17(16)14-22-10-8-15(13-22)12-21-18-7-3-4-9-20-18/h1-7,9,15H,8,10,12-14H2,(H,20,21)/t15-/m1/s1. The van der Waals surface area contributed by atoms with Gasteiger partial charge in [0.05, 0.1) is 11.6 Å². The van der Waals surface area contributed by atoms with Crippen LogP contribution in [-0.2, 0) is 6.54 Å². The van der Waals surface area contributed by atoms with Crippen LogP contribution in [0.4, 0.5) is 5.82 Å². The van der Waals surface area contributed by atoms with Crippen molar-refractivity contribution in [2.75, 3.05) is 25.0 Å². The first-order chi connectivity index (χ1) is 10.8.